The molecule has 0 aromatic carbocycles. The molecular weight excluding hydrogens is 212 g/mol. The Balaban J connectivity index is 3.34. The van der Waals surface area contributed by atoms with E-state index in [-0.39, 0.29) is 17.3 Å². The largest absolute Gasteiger partial charge is 0.326 e. The summed E-state index contributed by atoms with van der Waals surface area (Å²) in [4.78, 5) is 3.40. The number of aromatic nitrogens is 1. The number of hydrogen-bond donors (Lipinski definition) is 1. The van der Waals surface area contributed by atoms with Crippen molar-refractivity contribution in [1.82, 2.24) is 4.98 Å². The number of pyridine rings is 1. The fraction of sp³-hybridized carbons (Fsp3) is 0.250. The third-order valence-electron chi connectivity index (χ3n) is 1.60. The van der Waals surface area contributed by atoms with E-state index in [2.05, 4.69) is 4.98 Å². The van der Waals surface area contributed by atoms with Gasteiger partial charge in [-0.15, -0.1) is 0 Å². The third kappa shape index (κ3) is 1.97. The Hall–Kier alpha value is -1.25. The molecule has 1 heterocycles. The summed E-state index contributed by atoms with van der Waals surface area (Å²) in [5.41, 5.74) is 4.88. The van der Waals surface area contributed by atoms with Crippen molar-refractivity contribution in [1.29, 1.82) is 5.26 Å². The quantitative estimate of drug-likeness (QED) is 0.824. The van der Waals surface area contributed by atoms with Crippen LogP contribution in [0.25, 0.3) is 0 Å². The van der Waals surface area contributed by atoms with Crippen molar-refractivity contribution in [3.8, 4) is 6.07 Å². The van der Waals surface area contributed by atoms with Gasteiger partial charge in [-0.25, -0.2) is 13.8 Å². The summed E-state index contributed by atoms with van der Waals surface area (Å²) in [5, 5.41) is 8.60. The molecule has 3 nitrogen and oxygen atoms in total. The zero-order chi connectivity index (χ0) is 10.7. The summed E-state index contributed by atoms with van der Waals surface area (Å²) < 4.78 is 24.6. The van der Waals surface area contributed by atoms with Crippen LogP contribution < -0.4 is 5.73 Å². The lowest BCUT2D eigenvalue weighted by atomic mass is 10.2. The molecule has 74 valence electrons. The highest BCUT2D eigenvalue weighted by Gasteiger charge is 2.15. The molecule has 1 aromatic heterocycles. The van der Waals surface area contributed by atoms with Crippen LogP contribution in [-0.2, 0) is 6.54 Å². The van der Waals surface area contributed by atoms with Crippen LogP contribution in [0.15, 0.2) is 6.07 Å². The molecule has 0 bridgehead atoms. The van der Waals surface area contributed by atoms with Crippen LogP contribution in [-0.4, -0.2) is 4.98 Å². The van der Waals surface area contributed by atoms with E-state index in [1.54, 1.807) is 6.07 Å². The first-order valence-corrected chi connectivity index (χ1v) is 4.05. The first-order valence-electron chi connectivity index (χ1n) is 3.67. The summed E-state index contributed by atoms with van der Waals surface area (Å²) in [7, 11) is 0. The van der Waals surface area contributed by atoms with Crippen LogP contribution in [0.2, 0.25) is 5.02 Å². The highest BCUT2D eigenvalue weighted by molar-refractivity contribution is 6.32. The van der Waals surface area contributed by atoms with Gasteiger partial charge in [0, 0.05) is 6.54 Å². The predicted molar refractivity (Wildman–Crippen MR) is 46.8 cm³/mol. The Morgan fingerprint density at radius 1 is 1.64 bits per heavy atom. The fourth-order valence-corrected chi connectivity index (χ4v) is 1.16. The molecule has 2 N–H and O–H groups in total. The summed E-state index contributed by atoms with van der Waals surface area (Å²) in [6.45, 7) is -0.00421. The van der Waals surface area contributed by atoms with Gasteiger partial charge in [-0.3, -0.25) is 0 Å². The van der Waals surface area contributed by atoms with Gasteiger partial charge in [0.2, 0.25) is 0 Å². The molecule has 1 rings (SSSR count). The second-order valence-corrected chi connectivity index (χ2v) is 2.86. The summed E-state index contributed by atoms with van der Waals surface area (Å²) in [5.74, 6) is 0. The highest BCUT2D eigenvalue weighted by atomic mass is 35.5. The Morgan fingerprint density at radius 2 is 2.29 bits per heavy atom. The normalized spacial score (nSPS) is 10.3. The zero-order valence-corrected chi connectivity index (χ0v) is 7.72. The average molecular weight is 218 g/mol. The van der Waals surface area contributed by atoms with Crippen molar-refractivity contribution < 1.29 is 8.78 Å². The maximum Gasteiger partial charge on any atom is 0.280 e. The Kier molecular flexibility index (Phi) is 3.33. The number of rotatable bonds is 2. The lowest BCUT2D eigenvalue weighted by Crippen LogP contribution is -2.03. The van der Waals surface area contributed by atoms with Crippen molar-refractivity contribution >= 4 is 11.6 Å². The van der Waals surface area contributed by atoms with Crippen molar-refractivity contribution in [3.05, 3.63) is 28.0 Å². The van der Waals surface area contributed by atoms with E-state index in [1.165, 1.54) is 0 Å². The van der Waals surface area contributed by atoms with Crippen LogP contribution in [0.1, 0.15) is 23.4 Å². The molecule has 0 atom stereocenters. The van der Waals surface area contributed by atoms with E-state index in [9.17, 15) is 8.78 Å². The van der Waals surface area contributed by atoms with Gasteiger partial charge in [-0.1, -0.05) is 11.6 Å². The van der Waals surface area contributed by atoms with Crippen molar-refractivity contribution in [2.24, 2.45) is 5.73 Å². The Bertz CT molecular complexity index is 387. The second kappa shape index (κ2) is 4.31. The van der Waals surface area contributed by atoms with Gasteiger partial charge in [-0.2, -0.15) is 5.26 Å². The fourth-order valence-electron chi connectivity index (χ4n) is 0.939. The Labute approximate surface area is 84.1 Å². The molecule has 0 saturated carbocycles. The van der Waals surface area contributed by atoms with Gasteiger partial charge >= 0.3 is 0 Å². The lowest BCUT2D eigenvalue weighted by Gasteiger charge is -2.05. The first-order chi connectivity index (χ1) is 6.60. The van der Waals surface area contributed by atoms with Gasteiger partial charge < -0.3 is 5.73 Å². The molecule has 0 fully saturated rings. The molecule has 0 aliphatic carbocycles. The van der Waals surface area contributed by atoms with E-state index in [0.717, 1.165) is 6.07 Å². The van der Waals surface area contributed by atoms with E-state index < -0.39 is 12.1 Å². The topological polar surface area (TPSA) is 62.7 Å². The average Bonchev–Trinajstić information content (AvgIpc) is 2.17. The van der Waals surface area contributed by atoms with Crippen molar-refractivity contribution in [2.75, 3.05) is 0 Å². The summed E-state index contributed by atoms with van der Waals surface area (Å²) >= 11 is 5.68. The van der Waals surface area contributed by atoms with E-state index in [0.29, 0.717) is 5.56 Å². The third-order valence-corrected chi connectivity index (χ3v) is 2.02. The van der Waals surface area contributed by atoms with Crippen LogP contribution in [0, 0.1) is 11.3 Å². The second-order valence-electron chi connectivity index (χ2n) is 2.49. The molecule has 0 amide bonds. The zero-order valence-electron chi connectivity index (χ0n) is 6.97. The van der Waals surface area contributed by atoms with Crippen LogP contribution >= 0.6 is 11.6 Å². The van der Waals surface area contributed by atoms with E-state index in [4.69, 9.17) is 22.6 Å². The summed E-state index contributed by atoms with van der Waals surface area (Å²) in [6.07, 6.45) is -2.73. The molecule has 14 heavy (non-hydrogen) atoms. The van der Waals surface area contributed by atoms with Gasteiger partial charge in [-0.05, 0) is 11.6 Å². The van der Waals surface area contributed by atoms with Gasteiger partial charge in [0.25, 0.3) is 6.43 Å². The number of nitriles is 1. The van der Waals surface area contributed by atoms with E-state index in [1.807, 2.05) is 0 Å². The maximum absolute atomic E-state index is 12.3. The Morgan fingerprint density at radius 3 is 2.71 bits per heavy atom. The molecule has 0 aliphatic heterocycles. The smallest absolute Gasteiger partial charge is 0.280 e. The van der Waals surface area contributed by atoms with Gasteiger partial charge in [0.05, 0.1) is 5.02 Å². The van der Waals surface area contributed by atoms with Crippen LogP contribution in [0.5, 0.6) is 0 Å². The van der Waals surface area contributed by atoms with Gasteiger partial charge in [0.15, 0.2) is 5.69 Å². The number of nitrogens with zero attached hydrogens (tertiary/aromatic N) is 2. The highest BCUT2D eigenvalue weighted by Crippen LogP contribution is 2.24. The molecule has 0 radical (unpaired) electrons. The molecule has 1 aromatic rings. The minimum Gasteiger partial charge on any atom is -0.326 e. The van der Waals surface area contributed by atoms with Crippen molar-refractivity contribution in [3.63, 3.8) is 0 Å². The molecular formula is C8H6ClF2N3. The molecule has 6 heteroatoms. The minimum atomic E-state index is -2.73. The molecule has 0 spiro atoms. The number of hydrogen-bond acceptors (Lipinski definition) is 3. The molecule has 0 aliphatic rings. The minimum absolute atomic E-state index is 0.00421. The lowest BCUT2D eigenvalue weighted by molar-refractivity contribution is 0.146. The standard InChI is InChI=1S/C8H6ClF2N3/c9-7-4(2-12)1-5(8(10)11)14-6(7)3-13/h1,8H,2,12H2. The monoisotopic (exact) mass is 217 g/mol. The number of halogens is 3. The molecule has 0 unspecified atom stereocenters. The number of nitrogens with two attached hydrogens (primary N) is 1. The molecule has 0 saturated heterocycles. The predicted octanol–water partition coefficient (Wildman–Crippen LogP) is 2.00. The number of alkyl halides is 2. The summed E-state index contributed by atoms with van der Waals surface area (Å²) in [6, 6.07) is 2.74. The first kappa shape index (κ1) is 10.8. The maximum atomic E-state index is 12.3. The van der Waals surface area contributed by atoms with E-state index >= 15 is 0 Å². The SMILES string of the molecule is N#Cc1nc(C(F)F)cc(CN)c1Cl. The van der Waals surface area contributed by atoms with Crippen molar-refractivity contribution in [2.45, 2.75) is 13.0 Å². The van der Waals surface area contributed by atoms with Gasteiger partial charge in [0.1, 0.15) is 11.8 Å². The van der Waals surface area contributed by atoms with Crippen LogP contribution in [0.4, 0.5) is 8.78 Å². The van der Waals surface area contributed by atoms with Crippen LogP contribution in [0.3, 0.4) is 0 Å².